The van der Waals surface area contributed by atoms with Crippen LogP contribution < -0.4 is 10.1 Å². The molecule has 0 bridgehead atoms. The van der Waals surface area contributed by atoms with Crippen LogP contribution in [-0.4, -0.2) is 29.1 Å². The number of carboxylic acids is 1. The number of aromatic carboxylic acids is 1. The number of halogens is 1. The van der Waals surface area contributed by atoms with Gasteiger partial charge >= 0.3 is 5.97 Å². The molecular weight excluding hydrogens is 412 g/mol. The molecule has 1 amide bonds. The second kappa shape index (κ2) is 7.44. The predicted octanol–water partition coefficient (Wildman–Crippen LogP) is 4.44. The van der Waals surface area contributed by atoms with Crippen molar-refractivity contribution in [3.05, 3.63) is 57.2 Å². The summed E-state index contributed by atoms with van der Waals surface area (Å²) < 4.78 is 6.01. The summed E-state index contributed by atoms with van der Waals surface area (Å²) in [5.41, 5.74) is 3.68. The minimum atomic E-state index is -1.09. The molecule has 2 aromatic carbocycles. The van der Waals surface area contributed by atoms with E-state index < -0.39 is 5.97 Å². The van der Waals surface area contributed by atoms with E-state index in [9.17, 15) is 14.7 Å². The number of carboxylic acid groups (broad SMARTS) is 1. The Bertz CT molecular complexity index is 1060. The molecule has 0 aliphatic rings. The highest BCUT2D eigenvalue weighted by molar-refractivity contribution is 9.10. The van der Waals surface area contributed by atoms with Crippen molar-refractivity contribution < 1.29 is 19.4 Å². The van der Waals surface area contributed by atoms with Crippen LogP contribution >= 0.6 is 15.9 Å². The Morgan fingerprint density at radius 3 is 2.63 bits per heavy atom. The molecule has 27 heavy (non-hydrogen) atoms. The molecule has 3 aromatic rings. The second-order valence-electron chi connectivity index (χ2n) is 6.27. The minimum Gasteiger partial charge on any atom is -0.497 e. The lowest BCUT2D eigenvalue weighted by Gasteiger charge is -2.13. The van der Waals surface area contributed by atoms with Gasteiger partial charge in [-0.15, -0.1) is 0 Å². The van der Waals surface area contributed by atoms with E-state index >= 15 is 0 Å². The third kappa shape index (κ3) is 3.68. The molecule has 0 spiro atoms. The van der Waals surface area contributed by atoms with Crippen molar-refractivity contribution in [2.75, 3.05) is 12.4 Å². The standard InChI is InChI=1S/C20H19BrN2O4/c1-10-16(21)6-5-13(20(25)26)19(10)23-18(24)9-14-11(2)22-17-7-4-12(27-3)8-15(14)17/h4-8,22H,9H2,1-3H3,(H,23,24)(H,25,26). The van der Waals surface area contributed by atoms with Crippen molar-refractivity contribution in [2.45, 2.75) is 20.3 Å². The minimum absolute atomic E-state index is 0.0568. The normalized spacial score (nSPS) is 10.8. The lowest BCUT2D eigenvalue weighted by molar-refractivity contribution is -0.115. The van der Waals surface area contributed by atoms with Crippen LogP contribution in [-0.2, 0) is 11.2 Å². The van der Waals surface area contributed by atoms with Crippen LogP contribution in [0.2, 0.25) is 0 Å². The summed E-state index contributed by atoms with van der Waals surface area (Å²) in [5.74, 6) is -0.668. The summed E-state index contributed by atoms with van der Waals surface area (Å²) in [4.78, 5) is 27.5. The van der Waals surface area contributed by atoms with Crippen LogP contribution in [0.5, 0.6) is 5.75 Å². The van der Waals surface area contributed by atoms with Gasteiger partial charge in [0.15, 0.2) is 0 Å². The van der Waals surface area contributed by atoms with Gasteiger partial charge in [0.05, 0.1) is 24.8 Å². The molecule has 0 radical (unpaired) electrons. The van der Waals surface area contributed by atoms with Crippen LogP contribution in [0.4, 0.5) is 5.69 Å². The largest absolute Gasteiger partial charge is 0.497 e. The van der Waals surface area contributed by atoms with Gasteiger partial charge in [-0.3, -0.25) is 4.79 Å². The Morgan fingerprint density at radius 2 is 1.96 bits per heavy atom. The number of rotatable bonds is 5. The van der Waals surface area contributed by atoms with Gasteiger partial charge in [0.1, 0.15) is 5.75 Å². The van der Waals surface area contributed by atoms with E-state index in [0.29, 0.717) is 17.0 Å². The molecule has 3 rings (SSSR count). The molecule has 0 unspecified atom stereocenters. The van der Waals surface area contributed by atoms with E-state index in [0.717, 1.165) is 26.6 Å². The van der Waals surface area contributed by atoms with Gasteiger partial charge in [-0.2, -0.15) is 0 Å². The maximum atomic E-state index is 12.7. The maximum Gasteiger partial charge on any atom is 0.337 e. The number of fused-ring (bicyclic) bond motifs is 1. The lowest BCUT2D eigenvalue weighted by Crippen LogP contribution is -2.18. The summed E-state index contributed by atoms with van der Waals surface area (Å²) in [7, 11) is 1.59. The number of aromatic amines is 1. The van der Waals surface area contributed by atoms with E-state index in [1.807, 2.05) is 25.1 Å². The Balaban J connectivity index is 1.94. The zero-order chi connectivity index (χ0) is 19.7. The smallest absolute Gasteiger partial charge is 0.337 e. The predicted molar refractivity (Wildman–Crippen MR) is 108 cm³/mol. The fourth-order valence-electron chi connectivity index (χ4n) is 3.09. The Kier molecular flexibility index (Phi) is 5.23. The van der Waals surface area contributed by atoms with E-state index in [4.69, 9.17) is 4.74 Å². The number of aryl methyl sites for hydroxylation is 1. The molecule has 1 heterocycles. The number of H-pyrrole nitrogens is 1. The molecule has 6 nitrogen and oxygen atoms in total. The maximum absolute atomic E-state index is 12.7. The molecule has 140 valence electrons. The lowest BCUT2D eigenvalue weighted by atomic mass is 10.1. The van der Waals surface area contributed by atoms with Crippen molar-refractivity contribution in [3.63, 3.8) is 0 Å². The average Bonchev–Trinajstić information content (AvgIpc) is 2.93. The van der Waals surface area contributed by atoms with Crippen molar-refractivity contribution in [1.29, 1.82) is 0 Å². The second-order valence-corrected chi connectivity index (χ2v) is 7.12. The fraction of sp³-hybridized carbons (Fsp3) is 0.200. The number of ether oxygens (including phenoxy) is 1. The number of carbonyl (C=O) groups is 2. The van der Waals surface area contributed by atoms with Gasteiger partial charge in [0.2, 0.25) is 5.91 Å². The first-order chi connectivity index (χ1) is 12.8. The SMILES string of the molecule is COc1ccc2[nH]c(C)c(CC(=O)Nc3c(C(=O)O)ccc(Br)c3C)c2c1. The highest BCUT2D eigenvalue weighted by atomic mass is 79.9. The zero-order valence-electron chi connectivity index (χ0n) is 15.1. The highest BCUT2D eigenvalue weighted by Gasteiger charge is 2.19. The van der Waals surface area contributed by atoms with E-state index in [-0.39, 0.29) is 17.9 Å². The number of anilines is 1. The molecule has 0 saturated carbocycles. The molecule has 0 fully saturated rings. The topological polar surface area (TPSA) is 91.4 Å². The van der Waals surface area contributed by atoms with Crippen molar-refractivity contribution in [1.82, 2.24) is 4.98 Å². The first-order valence-electron chi connectivity index (χ1n) is 8.29. The first kappa shape index (κ1) is 19.0. The van der Waals surface area contributed by atoms with E-state index in [1.54, 1.807) is 20.1 Å². The molecule has 0 aliphatic heterocycles. The molecule has 0 saturated heterocycles. The fourth-order valence-corrected chi connectivity index (χ4v) is 3.42. The quantitative estimate of drug-likeness (QED) is 0.557. The number of benzene rings is 2. The van der Waals surface area contributed by atoms with Gasteiger partial charge in [-0.25, -0.2) is 4.79 Å². The van der Waals surface area contributed by atoms with Crippen LogP contribution in [0.3, 0.4) is 0 Å². The molecular formula is C20H19BrN2O4. The van der Waals surface area contributed by atoms with Crippen LogP contribution in [0, 0.1) is 13.8 Å². The summed E-state index contributed by atoms with van der Waals surface area (Å²) >= 11 is 3.38. The summed E-state index contributed by atoms with van der Waals surface area (Å²) in [5, 5.41) is 13.1. The number of carbonyl (C=O) groups excluding carboxylic acids is 1. The number of amides is 1. The summed E-state index contributed by atoms with van der Waals surface area (Å²) in [6.07, 6.45) is 0.115. The number of nitrogens with one attached hydrogen (secondary N) is 2. The Hall–Kier alpha value is -2.80. The number of hydrogen-bond donors (Lipinski definition) is 3. The van der Waals surface area contributed by atoms with Gasteiger partial charge in [-0.1, -0.05) is 15.9 Å². The van der Waals surface area contributed by atoms with Gasteiger partial charge in [-0.05, 0) is 55.3 Å². The first-order valence-corrected chi connectivity index (χ1v) is 9.08. The van der Waals surface area contributed by atoms with Crippen molar-refractivity contribution in [2.24, 2.45) is 0 Å². The molecule has 0 atom stereocenters. The van der Waals surface area contributed by atoms with E-state index in [2.05, 4.69) is 26.2 Å². The van der Waals surface area contributed by atoms with Crippen molar-refractivity contribution in [3.8, 4) is 5.75 Å². The van der Waals surface area contributed by atoms with Crippen LogP contribution in [0.1, 0.15) is 27.2 Å². The van der Waals surface area contributed by atoms with Gasteiger partial charge in [0.25, 0.3) is 0 Å². The summed E-state index contributed by atoms with van der Waals surface area (Å²) in [6.45, 7) is 3.66. The van der Waals surface area contributed by atoms with Crippen molar-refractivity contribution >= 4 is 44.4 Å². The third-order valence-corrected chi connectivity index (χ3v) is 5.42. The van der Waals surface area contributed by atoms with Gasteiger partial charge < -0.3 is 20.1 Å². The Morgan fingerprint density at radius 1 is 1.22 bits per heavy atom. The number of aromatic nitrogens is 1. The zero-order valence-corrected chi connectivity index (χ0v) is 16.7. The molecule has 3 N–H and O–H groups in total. The summed E-state index contributed by atoms with van der Waals surface area (Å²) in [6, 6.07) is 8.77. The van der Waals surface area contributed by atoms with Crippen LogP contribution in [0.25, 0.3) is 10.9 Å². The Labute approximate surface area is 164 Å². The molecule has 0 aliphatic carbocycles. The third-order valence-electron chi connectivity index (χ3n) is 4.56. The molecule has 7 heteroatoms. The number of hydrogen-bond acceptors (Lipinski definition) is 3. The molecule has 1 aromatic heterocycles. The van der Waals surface area contributed by atoms with Crippen LogP contribution in [0.15, 0.2) is 34.8 Å². The number of methoxy groups -OCH3 is 1. The highest BCUT2D eigenvalue weighted by Crippen LogP contribution is 2.30. The monoisotopic (exact) mass is 430 g/mol. The van der Waals surface area contributed by atoms with Gasteiger partial charge in [0, 0.05) is 21.1 Å². The average molecular weight is 431 g/mol. The van der Waals surface area contributed by atoms with E-state index in [1.165, 1.54) is 6.07 Å².